The van der Waals surface area contributed by atoms with E-state index >= 15 is 0 Å². The zero-order valence-corrected chi connectivity index (χ0v) is 11.2. The maximum Gasteiger partial charge on any atom is 0.274 e. The third kappa shape index (κ3) is 1.94. The molecule has 1 aromatic rings. The number of aromatic amines is 1. The zero-order chi connectivity index (χ0) is 12.1. The Kier molecular flexibility index (Phi) is 2.26. The van der Waals surface area contributed by atoms with Crippen LogP contribution in [0.1, 0.15) is 40.0 Å². The molecule has 92 valence electrons. The number of fused-ring (bicyclic) bond motifs is 2. The van der Waals surface area contributed by atoms with Crippen LogP contribution < -0.4 is 9.88 Å². The maximum absolute atomic E-state index is 3.39. The summed E-state index contributed by atoms with van der Waals surface area (Å²) in [6.07, 6.45) is 6.08. The lowest BCUT2D eigenvalue weighted by Gasteiger charge is -2.37. The molecule has 3 rings (SSSR count). The Morgan fingerprint density at radius 1 is 1.24 bits per heavy atom. The summed E-state index contributed by atoms with van der Waals surface area (Å²) in [6, 6.07) is 7.11. The topological polar surface area (TPSA) is 17.4 Å². The predicted octanol–water partition coefficient (Wildman–Crippen LogP) is 2.91. The molecule has 1 saturated heterocycles. The second-order valence-corrected chi connectivity index (χ2v) is 7.09. The standard InChI is InChI=1S/C15H22N2/c1-14(2)8-12-9-15(3,10-14)11-17(12)13-6-4-5-7-16-13/h4-7,12H,8-11H2,1-3H3/p+1. The van der Waals surface area contributed by atoms with E-state index in [1.54, 1.807) is 0 Å². The molecule has 2 heterocycles. The van der Waals surface area contributed by atoms with Crippen molar-refractivity contribution in [3.63, 3.8) is 0 Å². The summed E-state index contributed by atoms with van der Waals surface area (Å²) in [6.45, 7) is 8.52. The van der Waals surface area contributed by atoms with E-state index in [4.69, 9.17) is 0 Å². The van der Waals surface area contributed by atoms with E-state index in [1.165, 1.54) is 31.6 Å². The monoisotopic (exact) mass is 231 g/mol. The van der Waals surface area contributed by atoms with Gasteiger partial charge in [-0.2, -0.15) is 0 Å². The number of aromatic nitrogens is 1. The van der Waals surface area contributed by atoms with Crippen LogP contribution in [0, 0.1) is 10.8 Å². The Morgan fingerprint density at radius 3 is 2.76 bits per heavy atom. The van der Waals surface area contributed by atoms with Crippen molar-refractivity contribution >= 4 is 5.82 Å². The molecule has 0 aromatic carbocycles. The molecule has 1 aliphatic heterocycles. The largest absolute Gasteiger partial charge is 0.274 e. The van der Waals surface area contributed by atoms with Gasteiger partial charge >= 0.3 is 0 Å². The first-order valence-corrected chi connectivity index (χ1v) is 6.71. The minimum atomic E-state index is 0.501. The molecular formula is C15H23N2+. The lowest BCUT2D eigenvalue weighted by atomic mass is 9.65. The van der Waals surface area contributed by atoms with Crippen molar-refractivity contribution in [1.82, 2.24) is 0 Å². The van der Waals surface area contributed by atoms with E-state index < -0.39 is 0 Å². The van der Waals surface area contributed by atoms with Crippen LogP contribution in [0.25, 0.3) is 0 Å². The van der Waals surface area contributed by atoms with Crippen LogP contribution in [0.2, 0.25) is 0 Å². The molecule has 2 fully saturated rings. The van der Waals surface area contributed by atoms with Gasteiger partial charge in [0.05, 0.1) is 18.8 Å². The van der Waals surface area contributed by atoms with Gasteiger partial charge in [-0.05, 0) is 30.7 Å². The highest BCUT2D eigenvalue weighted by molar-refractivity contribution is 5.38. The smallest absolute Gasteiger partial charge is 0.259 e. The van der Waals surface area contributed by atoms with Gasteiger partial charge < -0.3 is 0 Å². The van der Waals surface area contributed by atoms with Crippen LogP contribution in [0.3, 0.4) is 0 Å². The molecule has 1 aliphatic carbocycles. The summed E-state index contributed by atoms with van der Waals surface area (Å²) in [5, 5.41) is 0. The molecule has 1 saturated carbocycles. The molecule has 0 radical (unpaired) electrons. The van der Waals surface area contributed by atoms with Crippen molar-refractivity contribution < 1.29 is 4.98 Å². The molecule has 2 nitrogen and oxygen atoms in total. The minimum Gasteiger partial charge on any atom is -0.259 e. The van der Waals surface area contributed by atoms with E-state index in [9.17, 15) is 0 Å². The van der Waals surface area contributed by atoms with Crippen LogP contribution in [0.15, 0.2) is 24.4 Å². The first-order chi connectivity index (χ1) is 7.98. The highest BCUT2D eigenvalue weighted by atomic mass is 15.2. The summed E-state index contributed by atoms with van der Waals surface area (Å²) >= 11 is 0. The number of hydrogen-bond acceptors (Lipinski definition) is 1. The number of nitrogens with one attached hydrogen (secondary N) is 1. The second kappa shape index (κ2) is 3.47. The molecule has 2 atom stereocenters. The van der Waals surface area contributed by atoms with E-state index in [2.05, 4.69) is 48.9 Å². The average molecular weight is 231 g/mol. The summed E-state index contributed by atoms with van der Waals surface area (Å²) in [7, 11) is 0. The molecule has 2 aliphatic rings. The molecular weight excluding hydrogens is 208 g/mol. The van der Waals surface area contributed by atoms with Crippen molar-refractivity contribution in [1.29, 1.82) is 0 Å². The summed E-state index contributed by atoms with van der Waals surface area (Å²) < 4.78 is 0. The minimum absolute atomic E-state index is 0.501. The van der Waals surface area contributed by atoms with Crippen molar-refractivity contribution in [3.8, 4) is 0 Å². The SMILES string of the molecule is CC1(C)CC2CC(C)(CN2c2cccc[nH+]2)C1. The molecule has 2 bridgehead atoms. The Balaban J connectivity index is 1.91. The third-order valence-corrected chi connectivity index (χ3v) is 4.42. The normalized spacial score (nSPS) is 35.0. The van der Waals surface area contributed by atoms with Crippen LogP contribution >= 0.6 is 0 Å². The highest BCUT2D eigenvalue weighted by Crippen LogP contribution is 2.52. The Labute approximate surface area is 104 Å². The quantitative estimate of drug-likeness (QED) is 0.726. The lowest BCUT2D eigenvalue weighted by molar-refractivity contribution is -0.364. The molecule has 2 unspecified atom stereocenters. The number of H-pyrrole nitrogens is 1. The number of rotatable bonds is 1. The lowest BCUT2D eigenvalue weighted by Crippen LogP contribution is -2.36. The van der Waals surface area contributed by atoms with Crippen molar-refractivity contribution in [2.75, 3.05) is 11.4 Å². The maximum atomic E-state index is 3.39. The Bertz CT molecular complexity index is 412. The van der Waals surface area contributed by atoms with Gasteiger partial charge in [0.1, 0.15) is 0 Å². The molecule has 0 amide bonds. The third-order valence-electron chi connectivity index (χ3n) is 4.42. The first-order valence-electron chi connectivity index (χ1n) is 6.71. The second-order valence-electron chi connectivity index (χ2n) is 7.09. The fourth-order valence-electron chi connectivity index (χ4n) is 4.30. The van der Waals surface area contributed by atoms with Crippen LogP contribution in [-0.4, -0.2) is 12.6 Å². The predicted molar refractivity (Wildman–Crippen MR) is 69.9 cm³/mol. The molecule has 2 heteroatoms. The Hall–Kier alpha value is -1.05. The Morgan fingerprint density at radius 2 is 2.06 bits per heavy atom. The van der Waals surface area contributed by atoms with Crippen LogP contribution in [-0.2, 0) is 0 Å². The van der Waals surface area contributed by atoms with Crippen LogP contribution in [0.5, 0.6) is 0 Å². The van der Waals surface area contributed by atoms with Gasteiger partial charge in [-0.1, -0.05) is 26.8 Å². The van der Waals surface area contributed by atoms with Crippen molar-refractivity contribution in [2.24, 2.45) is 10.8 Å². The number of anilines is 1. The van der Waals surface area contributed by atoms with Crippen LogP contribution in [0.4, 0.5) is 5.82 Å². The fraction of sp³-hybridized carbons (Fsp3) is 0.667. The van der Waals surface area contributed by atoms with E-state index in [0.29, 0.717) is 10.8 Å². The highest BCUT2D eigenvalue weighted by Gasteiger charge is 2.53. The van der Waals surface area contributed by atoms with E-state index in [-0.39, 0.29) is 0 Å². The number of pyridine rings is 1. The van der Waals surface area contributed by atoms with Gasteiger partial charge in [0, 0.05) is 11.5 Å². The number of hydrogen-bond donors (Lipinski definition) is 0. The molecule has 0 spiro atoms. The number of nitrogens with zero attached hydrogens (tertiary/aromatic N) is 1. The first kappa shape index (κ1) is 11.1. The molecule has 17 heavy (non-hydrogen) atoms. The van der Waals surface area contributed by atoms with Gasteiger partial charge in [-0.25, -0.2) is 4.98 Å². The van der Waals surface area contributed by atoms with Crippen molar-refractivity contribution in [3.05, 3.63) is 24.4 Å². The summed E-state index contributed by atoms with van der Waals surface area (Å²) in [4.78, 5) is 5.99. The van der Waals surface area contributed by atoms with Crippen molar-refractivity contribution in [2.45, 2.75) is 46.1 Å². The van der Waals surface area contributed by atoms with Gasteiger partial charge in [0.15, 0.2) is 0 Å². The average Bonchev–Trinajstić information content (AvgIpc) is 2.49. The zero-order valence-electron chi connectivity index (χ0n) is 11.2. The summed E-state index contributed by atoms with van der Waals surface area (Å²) in [5.74, 6) is 1.29. The van der Waals surface area contributed by atoms with Gasteiger partial charge in [0.25, 0.3) is 5.82 Å². The summed E-state index contributed by atoms with van der Waals surface area (Å²) in [5.41, 5.74) is 1.01. The van der Waals surface area contributed by atoms with Gasteiger partial charge in [0.2, 0.25) is 0 Å². The van der Waals surface area contributed by atoms with E-state index in [1.807, 2.05) is 6.20 Å². The van der Waals surface area contributed by atoms with Gasteiger partial charge in [-0.15, -0.1) is 0 Å². The van der Waals surface area contributed by atoms with E-state index in [0.717, 1.165) is 6.04 Å². The fourth-order valence-corrected chi connectivity index (χ4v) is 4.30. The van der Waals surface area contributed by atoms with Gasteiger partial charge in [-0.3, -0.25) is 4.90 Å². The molecule has 1 N–H and O–H groups in total. The molecule has 1 aromatic heterocycles.